The van der Waals surface area contributed by atoms with Gasteiger partial charge >= 0.3 is 0 Å². The highest BCUT2D eigenvalue weighted by Crippen LogP contribution is 2.66. The van der Waals surface area contributed by atoms with Gasteiger partial charge in [-0.15, -0.1) is 0 Å². The molecular weight excluding hydrogens is 287 g/mol. The van der Waals surface area contributed by atoms with E-state index in [9.17, 15) is 9.18 Å². The first-order valence-electron chi connectivity index (χ1n) is 9.70. The number of hydrogen-bond donors (Lipinski definition) is 0. The predicted molar refractivity (Wildman–Crippen MR) is 90.8 cm³/mol. The summed E-state index contributed by atoms with van der Waals surface area (Å²) in [6, 6.07) is 0. The van der Waals surface area contributed by atoms with Crippen LogP contribution in [0.1, 0.15) is 72.1 Å². The first-order valence-corrected chi connectivity index (χ1v) is 9.70. The predicted octanol–water partition coefficient (Wildman–Crippen LogP) is 5.49. The number of carbonyl (C=O) groups excluding carboxylic acids is 1. The minimum Gasteiger partial charge on any atom is -0.300 e. The Morgan fingerprint density at radius 3 is 2.65 bits per heavy atom. The van der Waals surface area contributed by atoms with Gasteiger partial charge in [-0.2, -0.15) is 0 Å². The molecule has 4 aliphatic carbocycles. The largest absolute Gasteiger partial charge is 0.300 e. The van der Waals surface area contributed by atoms with Gasteiger partial charge in [0, 0.05) is 12.3 Å². The Morgan fingerprint density at radius 1 is 1.13 bits per heavy atom. The van der Waals surface area contributed by atoms with Crippen LogP contribution in [-0.4, -0.2) is 12.0 Å². The van der Waals surface area contributed by atoms with Gasteiger partial charge in [0.05, 0.1) is 0 Å². The lowest BCUT2D eigenvalue weighted by molar-refractivity contribution is -0.127. The number of halogens is 1. The van der Waals surface area contributed by atoms with Crippen molar-refractivity contribution in [3.05, 3.63) is 11.6 Å². The van der Waals surface area contributed by atoms with Crippen LogP contribution in [0.25, 0.3) is 0 Å². The summed E-state index contributed by atoms with van der Waals surface area (Å²) in [4.78, 5) is 12.1. The molecule has 4 rings (SSSR count). The minimum absolute atomic E-state index is 0.228. The van der Waals surface area contributed by atoms with Crippen LogP contribution in [0.5, 0.6) is 0 Å². The van der Waals surface area contributed by atoms with E-state index >= 15 is 0 Å². The molecule has 0 N–H and O–H groups in total. The summed E-state index contributed by atoms with van der Waals surface area (Å²) in [5, 5.41) is 0. The summed E-state index contributed by atoms with van der Waals surface area (Å²) in [6.45, 7) is 6.61. The molecule has 0 saturated heterocycles. The fraction of sp³-hybridized carbons (Fsp3) is 0.857. The second-order valence-corrected chi connectivity index (χ2v) is 9.38. The lowest BCUT2D eigenvalue weighted by Crippen LogP contribution is -2.50. The number of rotatable bonds is 1. The van der Waals surface area contributed by atoms with Crippen LogP contribution in [-0.2, 0) is 4.79 Å². The molecule has 0 heterocycles. The van der Waals surface area contributed by atoms with Crippen LogP contribution in [0.15, 0.2) is 11.6 Å². The van der Waals surface area contributed by atoms with Crippen LogP contribution in [0.2, 0.25) is 0 Å². The molecular formula is C21H31FO. The van der Waals surface area contributed by atoms with Crippen LogP contribution in [0.4, 0.5) is 4.39 Å². The fourth-order valence-corrected chi connectivity index (χ4v) is 7.28. The van der Waals surface area contributed by atoms with Crippen molar-refractivity contribution in [3.63, 3.8) is 0 Å². The summed E-state index contributed by atoms with van der Waals surface area (Å²) in [6.07, 6.45) is 10.1. The third-order valence-corrected chi connectivity index (χ3v) is 8.53. The van der Waals surface area contributed by atoms with E-state index in [1.165, 1.54) is 24.8 Å². The van der Waals surface area contributed by atoms with E-state index in [1.807, 2.05) is 0 Å². The van der Waals surface area contributed by atoms with Crippen LogP contribution < -0.4 is 0 Å². The van der Waals surface area contributed by atoms with Gasteiger partial charge in [0.25, 0.3) is 0 Å². The van der Waals surface area contributed by atoms with Gasteiger partial charge in [-0.3, -0.25) is 4.79 Å². The second kappa shape index (κ2) is 5.17. The van der Waals surface area contributed by atoms with Crippen molar-refractivity contribution >= 4 is 5.78 Å². The zero-order valence-corrected chi connectivity index (χ0v) is 14.9. The van der Waals surface area contributed by atoms with Gasteiger partial charge in [-0.05, 0) is 80.5 Å². The van der Waals surface area contributed by atoms with Crippen LogP contribution >= 0.6 is 0 Å². The molecule has 0 bridgehead atoms. The van der Waals surface area contributed by atoms with Crippen molar-refractivity contribution in [3.8, 4) is 0 Å². The molecule has 7 atom stereocenters. The van der Waals surface area contributed by atoms with Crippen LogP contribution in [0, 0.1) is 34.5 Å². The maximum absolute atomic E-state index is 13.9. The van der Waals surface area contributed by atoms with E-state index < -0.39 is 6.17 Å². The number of Topliss-reactive ketones (excluding diaryl/α,β-unsaturated/α-hetero) is 1. The molecule has 0 aromatic heterocycles. The average Bonchev–Trinajstić information content (AvgIpc) is 2.85. The van der Waals surface area contributed by atoms with E-state index in [0.29, 0.717) is 18.1 Å². The quantitative estimate of drug-likeness (QED) is 0.584. The number of ketones is 1. The van der Waals surface area contributed by atoms with Crippen molar-refractivity contribution in [2.45, 2.75) is 78.3 Å². The molecule has 0 aliphatic heterocycles. The van der Waals surface area contributed by atoms with Crippen LogP contribution in [0.3, 0.4) is 0 Å². The first kappa shape index (κ1) is 15.8. The van der Waals surface area contributed by atoms with Crippen molar-refractivity contribution in [1.29, 1.82) is 0 Å². The molecule has 0 unspecified atom stereocenters. The summed E-state index contributed by atoms with van der Waals surface area (Å²) < 4.78 is 13.9. The number of carbonyl (C=O) groups is 1. The van der Waals surface area contributed by atoms with Gasteiger partial charge in [0.2, 0.25) is 0 Å². The summed E-state index contributed by atoms with van der Waals surface area (Å²) >= 11 is 0. The Labute approximate surface area is 140 Å². The first-order chi connectivity index (χ1) is 10.9. The molecule has 0 aromatic carbocycles. The molecule has 1 nitrogen and oxygen atoms in total. The lowest BCUT2D eigenvalue weighted by atomic mass is 9.47. The lowest BCUT2D eigenvalue weighted by Gasteiger charge is -2.57. The third kappa shape index (κ3) is 2.12. The molecule has 3 saturated carbocycles. The van der Waals surface area contributed by atoms with Gasteiger partial charge in [-0.1, -0.05) is 25.5 Å². The monoisotopic (exact) mass is 318 g/mol. The van der Waals surface area contributed by atoms with Crippen molar-refractivity contribution in [2.75, 3.05) is 0 Å². The molecule has 23 heavy (non-hydrogen) atoms. The highest BCUT2D eigenvalue weighted by molar-refractivity contribution is 5.79. The number of allylic oxidation sites excluding steroid dienone is 2. The second-order valence-electron chi connectivity index (χ2n) is 9.38. The standard InChI is InChI=1S/C21H31FO/c1-13(23)17-6-7-18-16-5-4-14-12-15(22)8-10-20(14,2)19(16)9-11-21(17,18)3/h4,15-19H,5-12H2,1-3H3/t15-,16-,17+,18-,19-,20+,21-/m1/s1. The summed E-state index contributed by atoms with van der Waals surface area (Å²) in [5.74, 6) is 2.84. The van der Waals surface area contributed by atoms with E-state index in [2.05, 4.69) is 19.9 Å². The number of fused-ring (bicyclic) bond motifs is 5. The third-order valence-electron chi connectivity index (χ3n) is 8.53. The van der Waals surface area contributed by atoms with Gasteiger partial charge in [0.15, 0.2) is 0 Å². The normalized spacial score (nSPS) is 52.2. The number of hydrogen-bond acceptors (Lipinski definition) is 1. The molecule has 128 valence electrons. The molecule has 0 amide bonds. The van der Waals surface area contributed by atoms with Gasteiger partial charge in [-0.25, -0.2) is 4.39 Å². The minimum atomic E-state index is -0.617. The maximum Gasteiger partial charge on any atom is 0.133 e. The Bertz CT molecular complexity index is 552. The highest BCUT2D eigenvalue weighted by Gasteiger charge is 2.59. The highest BCUT2D eigenvalue weighted by atomic mass is 19.1. The zero-order chi connectivity index (χ0) is 16.4. The molecule has 0 spiro atoms. The Balaban J connectivity index is 1.66. The van der Waals surface area contributed by atoms with E-state index in [1.54, 1.807) is 6.92 Å². The van der Waals surface area contributed by atoms with E-state index in [4.69, 9.17) is 0 Å². The molecule has 0 radical (unpaired) electrons. The summed E-state index contributed by atoms with van der Waals surface area (Å²) in [5.41, 5.74) is 1.88. The average molecular weight is 318 g/mol. The zero-order valence-electron chi connectivity index (χ0n) is 14.9. The van der Waals surface area contributed by atoms with E-state index in [-0.39, 0.29) is 16.7 Å². The summed E-state index contributed by atoms with van der Waals surface area (Å²) in [7, 11) is 0. The Morgan fingerprint density at radius 2 is 1.91 bits per heavy atom. The van der Waals surface area contributed by atoms with E-state index in [0.717, 1.165) is 37.5 Å². The maximum atomic E-state index is 13.9. The van der Waals surface area contributed by atoms with Crippen molar-refractivity contribution in [2.24, 2.45) is 34.5 Å². The van der Waals surface area contributed by atoms with Gasteiger partial charge < -0.3 is 0 Å². The molecule has 4 aliphatic rings. The van der Waals surface area contributed by atoms with Crippen molar-refractivity contribution < 1.29 is 9.18 Å². The van der Waals surface area contributed by atoms with Crippen molar-refractivity contribution in [1.82, 2.24) is 0 Å². The molecule has 0 aromatic rings. The molecule has 2 heteroatoms. The topological polar surface area (TPSA) is 17.1 Å². The van der Waals surface area contributed by atoms with Gasteiger partial charge in [0.1, 0.15) is 12.0 Å². The Hall–Kier alpha value is -0.660. The Kier molecular flexibility index (Phi) is 3.56. The smallest absolute Gasteiger partial charge is 0.133 e. The molecule has 3 fully saturated rings. The fourth-order valence-electron chi connectivity index (χ4n) is 7.28. The number of alkyl halides is 1. The SMILES string of the molecule is CC(=O)[C@@H]1CC[C@@H]2[C@H]3CC=C4C[C@H](F)CC[C@]4(C)[C@@H]3CC[C@@]21C.